The molecule has 0 radical (unpaired) electrons. The first kappa shape index (κ1) is 11.5. The molecule has 1 amide bonds. The number of hydrogen-bond donors (Lipinski definition) is 1. The van der Waals surface area contributed by atoms with Gasteiger partial charge in [-0.15, -0.1) is 0 Å². The molecule has 0 bridgehead atoms. The van der Waals surface area contributed by atoms with Gasteiger partial charge in [-0.2, -0.15) is 0 Å². The third kappa shape index (κ3) is 2.98. The van der Waals surface area contributed by atoms with Crippen molar-refractivity contribution in [1.29, 1.82) is 0 Å². The normalized spacial score (nSPS) is 26.9. The molecule has 14 heavy (non-hydrogen) atoms. The molecule has 3 nitrogen and oxygen atoms in total. The van der Waals surface area contributed by atoms with Crippen LogP contribution in [0.4, 0.5) is 0 Å². The standard InChI is InChI=1S/C11H22N2O/c1-3-4-5-6-11(14)13-7-9(2)10(12)8-13/h9-10H,3-8,12H2,1-2H3. The van der Waals surface area contributed by atoms with Gasteiger partial charge < -0.3 is 10.6 Å². The summed E-state index contributed by atoms with van der Waals surface area (Å²) in [5, 5.41) is 0. The monoisotopic (exact) mass is 198 g/mol. The highest BCUT2D eigenvalue weighted by molar-refractivity contribution is 5.76. The highest BCUT2D eigenvalue weighted by atomic mass is 16.2. The summed E-state index contributed by atoms with van der Waals surface area (Å²) >= 11 is 0. The van der Waals surface area contributed by atoms with E-state index in [-0.39, 0.29) is 6.04 Å². The van der Waals surface area contributed by atoms with Gasteiger partial charge in [-0.1, -0.05) is 26.7 Å². The van der Waals surface area contributed by atoms with Crippen molar-refractivity contribution in [2.75, 3.05) is 13.1 Å². The molecule has 0 aromatic heterocycles. The highest BCUT2D eigenvalue weighted by Gasteiger charge is 2.29. The van der Waals surface area contributed by atoms with E-state index >= 15 is 0 Å². The molecule has 0 spiro atoms. The SMILES string of the molecule is CCCCCC(=O)N1CC(C)C(N)C1. The van der Waals surface area contributed by atoms with Gasteiger partial charge in [-0.05, 0) is 12.3 Å². The Labute approximate surface area is 86.6 Å². The molecule has 3 heteroatoms. The summed E-state index contributed by atoms with van der Waals surface area (Å²) in [7, 11) is 0. The Hall–Kier alpha value is -0.570. The fourth-order valence-electron chi connectivity index (χ4n) is 1.88. The van der Waals surface area contributed by atoms with Crippen molar-refractivity contribution in [3.8, 4) is 0 Å². The van der Waals surface area contributed by atoms with Gasteiger partial charge in [0.15, 0.2) is 0 Å². The van der Waals surface area contributed by atoms with Crippen LogP contribution in [0.15, 0.2) is 0 Å². The summed E-state index contributed by atoms with van der Waals surface area (Å²) in [5.74, 6) is 0.753. The van der Waals surface area contributed by atoms with Crippen LogP contribution in [0.5, 0.6) is 0 Å². The van der Waals surface area contributed by atoms with E-state index < -0.39 is 0 Å². The Kier molecular flexibility index (Phi) is 4.39. The quantitative estimate of drug-likeness (QED) is 0.694. The molecule has 1 heterocycles. The first-order valence-corrected chi connectivity index (χ1v) is 5.68. The van der Waals surface area contributed by atoms with Gasteiger partial charge in [-0.3, -0.25) is 4.79 Å². The van der Waals surface area contributed by atoms with E-state index in [1.54, 1.807) is 0 Å². The molecule has 1 aliphatic heterocycles. The van der Waals surface area contributed by atoms with Crippen LogP contribution in [0.2, 0.25) is 0 Å². The van der Waals surface area contributed by atoms with Crippen molar-refractivity contribution in [2.45, 2.75) is 45.6 Å². The molecule has 2 unspecified atom stereocenters. The predicted molar refractivity (Wildman–Crippen MR) is 57.9 cm³/mol. The average molecular weight is 198 g/mol. The number of likely N-dealkylation sites (tertiary alicyclic amines) is 1. The predicted octanol–water partition coefficient (Wildman–Crippen LogP) is 1.37. The zero-order chi connectivity index (χ0) is 10.6. The number of rotatable bonds is 4. The lowest BCUT2D eigenvalue weighted by Gasteiger charge is -2.15. The lowest BCUT2D eigenvalue weighted by molar-refractivity contribution is -0.130. The second-order valence-electron chi connectivity index (χ2n) is 4.40. The Bertz CT molecular complexity index is 184. The van der Waals surface area contributed by atoms with Crippen molar-refractivity contribution in [1.82, 2.24) is 4.90 Å². The highest BCUT2D eigenvalue weighted by Crippen LogP contribution is 2.16. The number of nitrogens with zero attached hydrogens (tertiary/aromatic N) is 1. The van der Waals surface area contributed by atoms with Crippen LogP contribution in [-0.2, 0) is 4.79 Å². The number of hydrogen-bond acceptors (Lipinski definition) is 2. The molecule has 2 atom stereocenters. The Morgan fingerprint density at radius 1 is 1.43 bits per heavy atom. The zero-order valence-corrected chi connectivity index (χ0v) is 9.33. The summed E-state index contributed by atoms with van der Waals surface area (Å²) in [6.07, 6.45) is 4.05. The fourth-order valence-corrected chi connectivity index (χ4v) is 1.88. The number of carbonyl (C=O) groups is 1. The molecular formula is C11H22N2O. The van der Waals surface area contributed by atoms with Crippen LogP contribution in [0, 0.1) is 5.92 Å². The van der Waals surface area contributed by atoms with Crippen molar-refractivity contribution in [3.05, 3.63) is 0 Å². The van der Waals surface area contributed by atoms with Crippen LogP contribution < -0.4 is 5.73 Å². The summed E-state index contributed by atoms with van der Waals surface area (Å²) in [6, 6.07) is 0.185. The van der Waals surface area contributed by atoms with Crippen molar-refractivity contribution in [3.63, 3.8) is 0 Å². The largest absolute Gasteiger partial charge is 0.341 e. The van der Waals surface area contributed by atoms with Crippen LogP contribution in [-0.4, -0.2) is 29.9 Å². The first-order valence-electron chi connectivity index (χ1n) is 5.68. The maximum Gasteiger partial charge on any atom is 0.222 e. The minimum atomic E-state index is 0.185. The number of unbranched alkanes of at least 4 members (excludes halogenated alkanes) is 2. The Morgan fingerprint density at radius 2 is 2.14 bits per heavy atom. The van der Waals surface area contributed by atoms with Gasteiger partial charge >= 0.3 is 0 Å². The molecule has 1 saturated heterocycles. The smallest absolute Gasteiger partial charge is 0.222 e. The molecule has 0 aromatic carbocycles. The molecule has 2 N–H and O–H groups in total. The van der Waals surface area contributed by atoms with E-state index in [4.69, 9.17) is 5.73 Å². The molecule has 0 aliphatic carbocycles. The second kappa shape index (κ2) is 5.35. The number of amides is 1. The van der Waals surface area contributed by atoms with Crippen LogP contribution >= 0.6 is 0 Å². The molecule has 1 aliphatic rings. The summed E-state index contributed by atoms with van der Waals surface area (Å²) in [4.78, 5) is 13.6. The van der Waals surface area contributed by atoms with Gasteiger partial charge in [0.25, 0.3) is 0 Å². The third-order valence-corrected chi connectivity index (χ3v) is 3.02. The Morgan fingerprint density at radius 3 is 2.64 bits per heavy atom. The molecule has 0 aromatic rings. The molecule has 82 valence electrons. The molecule has 1 rings (SSSR count). The van der Waals surface area contributed by atoms with E-state index in [0.29, 0.717) is 18.2 Å². The van der Waals surface area contributed by atoms with Crippen LogP contribution in [0.1, 0.15) is 39.5 Å². The maximum atomic E-state index is 11.7. The topological polar surface area (TPSA) is 46.3 Å². The minimum absolute atomic E-state index is 0.185. The number of nitrogens with two attached hydrogens (primary N) is 1. The van der Waals surface area contributed by atoms with Crippen molar-refractivity contribution < 1.29 is 4.79 Å². The van der Waals surface area contributed by atoms with Crippen LogP contribution in [0.25, 0.3) is 0 Å². The van der Waals surface area contributed by atoms with Crippen LogP contribution in [0.3, 0.4) is 0 Å². The number of carbonyl (C=O) groups excluding carboxylic acids is 1. The van der Waals surface area contributed by atoms with Gasteiger partial charge in [0, 0.05) is 25.6 Å². The lowest BCUT2D eigenvalue weighted by Crippen LogP contribution is -2.31. The first-order chi connectivity index (χ1) is 6.65. The van der Waals surface area contributed by atoms with E-state index in [9.17, 15) is 4.79 Å². The van der Waals surface area contributed by atoms with Crippen molar-refractivity contribution >= 4 is 5.91 Å². The van der Waals surface area contributed by atoms with Gasteiger partial charge in [-0.25, -0.2) is 0 Å². The van der Waals surface area contributed by atoms with E-state index in [1.165, 1.54) is 6.42 Å². The second-order valence-corrected chi connectivity index (χ2v) is 4.40. The Balaban J connectivity index is 2.25. The summed E-state index contributed by atoms with van der Waals surface area (Å²) < 4.78 is 0. The van der Waals surface area contributed by atoms with E-state index in [0.717, 1.165) is 25.9 Å². The maximum absolute atomic E-state index is 11.7. The summed E-state index contributed by atoms with van der Waals surface area (Å²) in [5.41, 5.74) is 5.87. The van der Waals surface area contributed by atoms with Gasteiger partial charge in [0.1, 0.15) is 0 Å². The van der Waals surface area contributed by atoms with Gasteiger partial charge in [0.2, 0.25) is 5.91 Å². The lowest BCUT2D eigenvalue weighted by atomic mass is 10.1. The molecule has 1 fully saturated rings. The van der Waals surface area contributed by atoms with E-state index in [1.807, 2.05) is 4.90 Å². The van der Waals surface area contributed by atoms with Gasteiger partial charge in [0.05, 0.1) is 0 Å². The third-order valence-electron chi connectivity index (χ3n) is 3.02. The summed E-state index contributed by atoms with van der Waals surface area (Å²) in [6.45, 7) is 5.88. The minimum Gasteiger partial charge on any atom is -0.341 e. The van der Waals surface area contributed by atoms with Crippen molar-refractivity contribution in [2.24, 2.45) is 11.7 Å². The fraction of sp³-hybridized carbons (Fsp3) is 0.909. The molecular weight excluding hydrogens is 176 g/mol. The van der Waals surface area contributed by atoms with E-state index in [2.05, 4.69) is 13.8 Å². The molecule has 0 saturated carbocycles. The zero-order valence-electron chi connectivity index (χ0n) is 9.33. The average Bonchev–Trinajstić information content (AvgIpc) is 2.47.